The fourth-order valence-corrected chi connectivity index (χ4v) is 5.84. The summed E-state index contributed by atoms with van der Waals surface area (Å²) in [6, 6.07) is 11.2. The largest absolute Gasteiger partial charge is 0.493 e. The van der Waals surface area contributed by atoms with E-state index >= 15 is 0 Å². The van der Waals surface area contributed by atoms with Crippen LogP contribution in [0.2, 0.25) is 0 Å². The lowest BCUT2D eigenvalue weighted by Gasteiger charge is -2.15. The predicted molar refractivity (Wildman–Crippen MR) is 127 cm³/mol. The van der Waals surface area contributed by atoms with Gasteiger partial charge in [0.1, 0.15) is 0 Å². The first-order valence-electron chi connectivity index (χ1n) is 11.4. The molecule has 0 aliphatic carbocycles. The second kappa shape index (κ2) is 9.30. The average molecular weight is 534 g/mol. The second-order valence-electron chi connectivity index (χ2n) is 8.67. The molecule has 9 nitrogen and oxygen atoms in total. The number of sulfonamides is 1. The Hall–Kier alpha value is -3.71. The van der Waals surface area contributed by atoms with Crippen LogP contribution in [0.5, 0.6) is 0 Å². The maximum absolute atomic E-state index is 13.0. The molecule has 1 aliphatic rings. The van der Waals surface area contributed by atoms with E-state index in [9.17, 15) is 26.4 Å². The third-order valence-electron chi connectivity index (χ3n) is 6.25. The third kappa shape index (κ3) is 4.71. The molecular weight excluding hydrogens is 511 g/mol. The molecule has 0 N–H and O–H groups in total. The Morgan fingerprint density at radius 3 is 2.38 bits per heavy atom. The van der Waals surface area contributed by atoms with Crippen LogP contribution >= 0.6 is 0 Å². The van der Waals surface area contributed by atoms with Gasteiger partial charge in [0.25, 0.3) is 0 Å². The van der Waals surface area contributed by atoms with Gasteiger partial charge in [-0.25, -0.2) is 18.2 Å². The Bertz CT molecular complexity index is 1570. The maximum Gasteiger partial charge on any atom is 0.493 e. The number of aromatic nitrogens is 4. The van der Waals surface area contributed by atoms with E-state index in [4.69, 9.17) is 4.84 Å². The van der Waals surface area contributed by atoms with Gasteiger partial charge in [-0.05, 0) is 61.2 Å². The number of nitrogens with zero attached hydrogens (tertiary/aromatic N) is 5. The molecule has 1 aromatic carbocycles. The highest BCUT2D eigenvalue weighted by Gasteiger charge is 2.42. The van der Waals surface area contributed by atoms with Crippen molar-refractivity contribution in [2.45, 2.75) is 37.4 Å². The van der Waals surface area contributed by atoms with Crippen molar-refractivity contribution in [2.75, 3.05) is 13.1 Å². The zero-order valence-electron chi connectivity index (χ0n) is 19.6. The lowest BCUT2D eigenvalue weighted by Crippen LogP contribution is -2.34. The van der Waals surface area contributed by atoms with Crippen LogP contribution in [-0.2, 0) is 21.4 Å². The van der Waals surface area contributed by atoms with Crippen LogP contribution in [0.25, 0.3) is 22.2 Å². The molecule has 0 radical (unpaired) electrons. The molecule has 0 amide bonds. The first kappa shape index (κ1) is 25.0. The summed E-state index contributed by atoms with van der Waals surface area (Å²) in [5.74, 6) is -2.38. The van der Waals surface area contributed by atoms with E-state index in [0.29, 0.717) is 29.6 Å². The van der Waals surface area contributed by atoms with E-state index in [1.165, 1.54) is 22.6 Å². The lowest BCUT2D eigenvalue weighted by molar-refractivity contribution is -0.199. The number of benzene rings is 1. The van der Waals surface area contributed by atoms with E-state index in [0.717, 1.165) is 23.3 Å². The quantitative estimate of drug-likeness (QED) is 0.376. The molecule has 4 aromatic rings. The molecule has 0 bridgehead atoms. The fourth-order valence-electron chi connectivity index (χ4n) is 4.33. The van der Waals surface area contributed by atoms with Crippen LogP contribution < -0.4 is 4.84 Å². The molecule has 1 saturated heterocycles. The number of hydrogen-bond donors (Lipinski definition) is 0. The van der Waals surface area contributed by atoms with Crippen molar-refractivity contribution in [2.24, 2.45) is 0 Å². The number of alkyl halides is 3. The van der Waals surface area contributed by atoms with E-state index in [1.54, 1.807) is 48.1 Å². The Morgan fingerprint density at radius 1 is 1.05 bits per heavy atom. The topological polar surface area (TPSA) is 99.3 Å². The van der Waals surface area contributed by atoms with Crippen molar-refractivity contribution in [3.8, 4) is 11.1 Å². The highest BCUT2D eigenvalue weighted by Crippen LogP contribution is 2.32. The number of halogens is 3. The Balaban J connectivity index is 1.57. The summed E-state index contributed by atoms with van der Waals surface area (Å²) < 4.78 is 68.6. The normalized spacial score (nSPS) is 14.9. The summed E-state index contributed by atoms with van der Waals surface area (Å²) in [4.78, 5) is 20.8. The van der Waals surface area contributed by atoms with Crippen molar-refractivity contribution in [1.29, 1.82) is 0 Å². The first-order valence-corrected chi connectivity index (χ1v) is 12.9. The number of carbonyl (C=O) groups is 1. The van der Waals surface area contributed by atoms with Gasteiger partial charge >= 0.3 is 12.1 Å². The maximum atomic E-state index is 13.0. The molecule has 194 valence electrons. The monoisotopic (exact) mass is 533 g/mol. The SMILES string of the molecule is Cc1ccnn1Cc1cc2c(-c3ccc(S(=O)(=O)N4CCCC4)cc3)ccnc2n1OC(=O)C(F)(F)F. The molecule has 0 atom stereocenters. The molecular formula is C24H22F3N5O4S. The summed E-state index contributed by atoms with van der Waals surface area (Å²) >= 11 is 0. The molecule has 0 spiro atoms. The van der Waals surface area contributed by atoms with E-state index < -0.39 is 22.2 Å². The van der Waals surface area contributed by atoms with Gasteiger partial charge in [-0.3, -0.25) is 4.68 Å². The molecule has 37 heavy (non-hydrogen) atoms. The van der Waals surface area contributed by atoms with Gasteiger partial charge in [0.2, 0.25) is 10.0 Å². The summed E-state index contributed by atoms with van der Waals surface area (Å²) in [6.45, 7) is 2.77. The molecule has 0 saturated carbocycles. The van der Waals surface area contributed by atoms with Crippen LogP contribution in [-0.4, -0.2) is 57.5 Å². The number of rotatable bonds is 6. The van der Waals surface area contributed by atoms with E-state index in [2.05, 4.69) is 10.1 Å². The van der Waals surface area contributed by atoms with Gasteiger partial charge in [0, 0.05) is 36.6 Å². The van der Waals surface area contributed by atoms with Crippen LogP contribution in [0, 0.1) is 6.92 Å². The van der Waals surface area contributed by atoms with Crippen LogP contribution in [0.4, 0.5) is 13.2 Å². The average Bonchev–Trinajstić information content (AvgIpc) is 3.61. The van der Waals surface area contributed by atoms with Gasteiger partial charge in [-0.15, -0.1) is 0 Å². The van der Waals surface area contributed by atoms with Gasteiger partial charge in [0.15, 0.2) is 5.65 Å². The Labute approximate surface area is 210 Å². The van der Waals surface area contributed by atoms with Gasteiger partial charge in [-0.2, -0.15) is 27.3 Å². The fraction of sp³-hybridized carbons (Fsp3) is 0.292. The summed E-state index contributed by atoms with van der Waals surface area (Å²) in [5.41, 5.74) is 2.17. The Morgan fingerprint density at radius 2 is 1.76 bits per heavy atom. The predicted octanol–water partition coefficient (Wildman–Crippen LogP) is 3.56. The van der Waals surface area contributed by atoms with Crippen molar-refractivity contribution >= 4 is 27.0 Å². The number of hydrogen-bond acceptors (Lipinski definition) is 6. The van der Waals surface area contributed by atoms with Crippen molar-refractivity contribution in [1.82, 2.24) is 23.8 Å². The lowest BCUT2D eigenvalue weighted by atomic mass is 10.0. The number of carbonyl (C=O) groups excluding carboxylic acids is 1. The molecule has 0 unspecified atom stereocenters. The van der Waals surface area contributed by atoms with E-state index in [1.807, 2.05) is 0 Å². The molecule has 4 heterocycles. The summed E-state index contributed by atoms with van der Waals surface area (Å²) in [7, 11) is -3.60. The summed E-state index contributed by atoms with van der Waals surface area (Å²) in [6.07, 6.45) is -0.631. The van der Waals surface area contributed by atoms with Crippen LogP contribution in [0.1, 0.15) is 24.2 Å². The first-order chi connectivity index (χ1) is 17.6. The molecule has 1 fully saturated rings. The van der Waals surface area contributed by atoms with Crippen molar-refractivity contribution < 1.29 is 31.2 Å². The van der Waals surface area contributed by atoms with Gasteiger partial charge < -0.3 is 4.84 Å². The van der Waals surface area contributed by atoms with Crippen molar-refractivity contribution in [3.63, 3.8) is 0 Å². The van der Waals surface area contributed by atoms with Crippen LogP contribution in [0.15, 0.2) is 59.8 Å². The smallest absolute Gasteiger partial charge is 0.326 e. The minimum absolute atomic E-state index is 0.00340. The number of pyridine rings is 1. The minimum atomic E-state index is -5.20. The zero-order chi connectivity index (χ0) is 26.4. The van der Waals surface area contributed by atoms with Gasteiger partial charge in [0.05, 0.1) is 17.1 Å². The zero-order valence-corrected chi connectivity index (χ0v) is 20.5. The minimum Gasteiger partial charge on any atom is -0.326 e. The third-order valence-corrected chi connectivity index (χ3v) is 8.16. The second-order valence-corrected chi connectivity index (χ2v) is 10.6. The number of aryl methyl sites for hydroxylation is 1. The molecule has 3 aromatic heterocycles. The van der Waals surface area contributed by atoms with Gasteiger partial charge in [-0.1, -0.05) is 12.1 Å². The highest BCUT2D eigenvalue weighted by molar-refractivity contribution is 7.89. The molecule has 5 rings (SSSR count). The van der Waals surface area contributed by atoms with E-state index in [-0.39, 0.29) is 22.8 Å². The number of fused-ring (bicyclic) bond motifs is 1. The Kier molecular flexibility index (Phi) is 6.28. The highest BCUT2D eigenvalue weighted by atomic mass is 32.2. The van der Waals surface area contributed by atoms with Crippen LogP contribution in [0.3, 0.4) is 0 Å². The standard InChI is InChI=1S/C24H22F3N5O4S/c1-16-8-11-29-31(16)15-18-14-21-20(9-10-28-22(21)32(18)36-23(33)24(25,26)27)17-4-6-19(7-5-17)37(34,35)30-12-2-3-13-30/h4-11,14H,2-3,12-13,15H2,1H3. The van der Waals surface area contributed by atoms with Crippen molar-refractivity contribution in [3.05, 3.63) is 66.2 Å². The molecule has 13 heteroatoms. The molecule has 1 aliphatic heterocycles. The summed E-state index contributed by atoms with van der Waals surface area (Å²) in [5, 5.41) is 4.58.